The molecular formula is C13H15ClN2O. The molecule has 0 bridgehead atoms. The highest BCUT2D eigenvalue weighted by Gasteiger charge is 2.14. The second kappa shape index (κ2) is 5.32. The average molecular weight is 251 g/mol. The lowest BCUT2D eigenvalue weighted by Gasteiger charge is -2.00. The van der Waals surface area contributed by atoms with Crippen LogP contribution in [0.5, 0.6) is 0 Å². The molecule has 0 aliphatic rings. The fourth-order valence-electron chi connectivity index (χ4n) is 1.91. The summed E-state index contributed by atoms with van der Waals surface area (Å²) in [6, 6.07) is 1.71. The second-order valence-electron chi connectivity index (χ2n) is 4.10. The van der Waals surface area contributed by atoms with E-state index < -0.39 is 0 Å². The largest absolute Gasteiger partial charge is 0.345 e. The average Bonchev–Trinajstić information content (AvgIpc) is 2.74. The van der Waals surface area contributed by atoms with E-state index >= 15 is 0 Å². The summed E-state index contributed by atoms with van der Waals surface area (Å²) in [5.74, 6) is 0.139. The highest BCUT2D eigenvalue weighted by Crippen LogP contribution is 2.26. The standard InChI is InChI=1S/C13H15ClN2O/c1-2-3-4-5-11(17)9-8-16-13-12(9)10(14)6-7-15-13/h6-8H,2-5H2,1H3,(H,15,16). The topological polar surface area (TPSA) is 45.8 Å². The van der Waals surface area contributed by atoms with Gasteiger partial charge in [-0.2, -0.15) is 0 Å². The van der Waals surface area contributed by atoms with Crippen LogP contribution in [0.15, 0.2) is 18.5 Å². The van der Waals surface area contributed by atoms with Gasteiger partial charge in [-0.15, -0.1) is 0 Å². The summed E-state index contributed by atoms with van der Waals surface area (Å²) in [5.41, 5.74) is 1.34. The summed E-state index contributed by atoms with van der Waals surface area (Å²) in [4.78, 5) is 19.2. The van der Waals surface area contributed by atoms with Crippen LogP contribution in [0.25, 0.3) is 11.0 Å². The van der Waals surface area contributed by atoms with E-state index in [1.165, 1.54) is 0 Å². The van der Waals surface area contributed by atoms with Gasteiger partial charge in [0.2, 0.25) is 0 Å². The van der Waals surface area contributed by atoms with Gasteiger partial charge < -0.3 is 4.98 Å². The fraction of sp³-hybridized carbons (Fsp3) is 0.385. The number of carbonyl (C=O) groups is 1. The summed E-state index contributed by atoms with van der Waals surface area (Å²) in [5, 5.41) is 1.32. The molecule has 0 saturated heterocycles. The monoisotopic (exact) mass is 250 g/mol. The highest BCUT2D eigenvalue weighted by molar-refractivity contribution is 6.36. The lowest BCUT2D eigenvalue weighted by atomic mass is 10.1. The van der Waals surface area contributed by atoms with E-state index in [0.29, 0.717) is 22.7 Å². The third kappa shape index (κ3) is 2.50. The first-order valence-corrected chi connectivity index (χ1v) is 6.26. The Bertz CT molecular complexity index is 533. The van der Waals surface area contributed by atoms with Gasteiger partial charge in [-0.05, 0) is 12.5 Å². The van der Waals surface area contributed by atoms with Gasteiger partial charge in [0.25, 0.3) is 0 Å². The molecule has 0 aliphatic carbocycles. The maximum atomic E-state index is 12.0. The second-order valence-corrected chi connectivity index (χ2v) is 4.51. The van der Waals surface area contributed by atoms with Crippen molar-refractivity contribution in [3.63, 3.8) is 0 Å². The molecule has 17 heavy (non-hydrogen) atoms. The number of pyridine rings is 1. The van der Waals surface area contributed by atoms with Crippen LogP contribution in [0, 0.1) is 0 Å². The predicted octanol–water partition coefficient (Wildman–Crippen LogP) is 3.98. The van der Waals surface area contributed by atoms with Crippen molar-refractivity contribution in [2.45, 2.75) is 32.6 Å². The zero-order valence-corrected chi connectivity index (χ0v) is 10.5. The summed E-state index contributed by atoms with van der Waals surface area (Å²) in [7, 11) is 0. The van der Waals surface area contributed by atoms with Crippen LogP contribution in [0.1, 0.15) is 43.0 Å². The molecule has 4 heteroatoms. The summed E-state index contributed by atoms with van der Waals surface area (Å²) >= 11 is 6.10. The molecule has 2 aromatic heterocycles. The van der Waals surface area contributed by atoms with E-state index in [9.17, 15) is 4.79 Å². The molecule has 0 aromatic carbocycles. The van der Waals surface area contributed by atoms with E-state index in [1.807, 2.05) is 0 Å². The van der Waals surface area contributed by atoms with Gasteiger partial charge in [-0.1, -0.05) is 31.4 Å². The van der Waals surface area contributed by atoms with Crippen LogP contribution < -0.4 is 0 Å². The maximum Gasteiger partial charge on any atom is 0.165 e. The van der Waals surface area contributed by atoms with Crippen molar-refractivity contribution in [1.29, 1.82) is 0 Å². The van der Waals surface area contributed by atoms with Crippen molar-refractivity contribution in [1.82, 2.24) is 9.97 Å². The number of nitrogens with one attached hydrogen (secondary N) is 1. The zero-order valence-electron chi connectivity index (χ0n) is 9.79. The molecule has 2 aromatic rings. The first kappa shape index (κ1) is 12.1. The number of carbonyl (C=O) groups excluding carboxylic acids is 1. The van der Waals surface area contributed by atoms with Gasteiger partial charge >= 0.3 is 0 Å². The molecule has 2 heterocycles. The lowest BCUT2D eigenvalue weighted by molar-refractivity contribution is 0.0981. The molecule has 0 unspecified atom stereocenters. The number of hydrogen-bond acceptors (Lipinski definition) is 2. The molecule has 0 radical (unpaired) electrons. The lowest BCUT2D eigenvalue weighted by Crippen LogP contribution is -1.98. The third-order valence-corrected chi connectivity index (χ3v) is 3.15. The minimum Gasteiger partial charge on any atom is -0.345 e. The van der Waals surface area contributed by atoms with Crippen molar-refractivity contribution in [3.05, 3.63) is 29.0 Å². The summed E-state index contributed by atoms with van der Waals surface area (Å²) in [6.07, 6.45) is 7.04. The Labute approximate surface area is 105 Å². The summed E-state index contributed by atoms with van der Waals surface area (Å²) in [6.45, 7) is 2.12. The number of halogens is 1. The fourth-order valence-corrected chi connectivity index (χ4v) is 2.15. The van der Waals surface area contributed by atoms with Crippen LogP contribution in [-0.4, -0.2) is 15.8 Å². The number of H-pyrrole nitrogens is 1. The van der Waals surface area contributed by atoms with Crippen LogP contribution in [-0.2, 0) is 0 Å². The number of fused-ring (bicyclic) bond motifs is 1. The quantitative estimate of drug-likeness (QED) is 0.644. The van der Waals surface area contributed by atoms with Gasteiger partial charge in [0.1, 0.15) is 5.65 Å². The molecule has 2 rings (SSSR count). The Hall–Kier alpha value is -1.35. The highest BCUT2D eigenvalue weighted by atomic mass is 35.5. The van der Waals surface area contributed by atoms with Crippen LogP contribution in [0.3, 0.4) is 0 Å². The van der Waals surface area contributed by atoms with Crippen molar-refractivity contribution in [2.24, 2.45) is 0 Å². The predicted molar refractivity (Wildman–Crippen MR) is 69.6 cm³/mol. The van der Waals surface area contributed by atoms with Crippen molar-refractivity contribution in [2.75, 3.05) is 0 Å². The molecule has 90 valence electrons. The van der Waals surface area contributed by atoms with Gasteiger partial charge in [0, 0.05) is 29.8 Å². The van der Waals surface area contributed by atoms with E-state index in [1.54, 1.807) is 18.5 Å². The van der Waals surface area contributed by atoms with Crippen molar-refractivity contribution in [3.8, 4) is 0 Å². The third-order valence-electron chi connectivity index (χ3n) is 2.83. The number of hydrogen-bond donors (Lipinski definition) is 1. The van der Waals surface area contributed by atoms with Crippen molar-refractivity contribution >= 4 is 28.4 Å². The van der Waals surface area contributed by atoms with E-state index in [0.717, 1.165) is 24.6 Å². The van der Waals surface area contributed by atoms with Crippen molar-refractivity contribution < 1.29 is 4.79 Å². The molecule has 0 atom stereocenters. The number of rotatable bonds is 5. The van der Waals surface area contributed by atoms with Crippen LogP contribution >= 0.6 is 11.6 Å². The molecule has 0 amide bonds. The SMILES string of the molecule is CCCCCC(=O)c1c[nH]c2nccc(Cl)c12. The number of unbranched alkanes of at least 4 members (excludes halogenated alkanes) is 2. The van der Waals surface area contributed by atoms with Gasteiger partial charge in [-0.25, -0.2) is 4.98 Å². The number of aromatic nitrogens is 2. The van der Waals surface area contributed by atoms with Crippen LogP contribution in [0.2, 0.25) is 5.02 Å². The van der Waals surface area contributed by atoms with E-state index in [2.05, 4.69) is 16.9 Å². The minimum absolute atomic E-state index is 0.139. The van der Waals surface area contributed by atoms with E-state index in [-0.39, 0.29) is 5.78 Å². The Balaban J connectivity index is 2.26. The first-order valence-electron chi connectivity index (χ1n) is 5.88. The van der Waals surface area contributed by atoms with Gasteiger partial charge in [0.15, 0.2) is 5.78 Å². The molecule has 0 saturated carbocycles. The molecule has 3 nitrogen and oxygen atoms in total. The normalized spacial score (nSPS) is 10.9. The Kier molecular flexibility index (Phi) is 3.79. The number of aromatic amines is 1. The maximum absolute atomic E-state index is 12.0. The Morgan fingerprint density at radius 3 is 3.06 bits per heavy atom. The molecule has 0 fully saturated rings. The van der Waals surface area contributed by atoms with Gasteiger partial charge in [-0.3, -0.25) is 4.79 Å². The molecule has 0 aliphatic heterocycles. The Morgan fingerprint density at radius 2 is 2.29 bits per heavy atom. The number of ketones is 1. The number of Topliss-reactive ketones (excluding diaryl/α,β-unsaturated/α-hetero) is 1. The van der Waals surface area contributed by atoms with Gasteiger partial charge in [0.05, 0.1) is 5.02 Å². The zero-order chi connectivity index (χ0) is 12.3. The molecule has 1 N–H and O–H groups in total. The Morgan fingerprint density at radius 1 is 1.47 bits per heavy atom. The number of nitrogens with zero attached hydrogens (tertiary/aromatic N) is 1. The summed E-state index contributed by atoms with van der Waals surface area (Å²) < 4.78 is 0. The van der Waals surface area contributed by atoms with E-state index in [4.69, 9.17) is 11.6 Å². The first-order chi connectivity index (χ1) is 8.24. The molecular weight excluding hydrogens is 236 g/mol. The molecule has 0 spiro atoms. The smallest absolute Gasteiger partial charge is 0.165 e. The van der Waals surface area contributed by atoms with Crippen LogP contribution in [0.4, 0.5) is 0 Å². The minimum atomic E-state index is 0.139.